The van der Waals surface area contributed by atoms with Crippen LogP contribution in [0.25, 0.3) is 0 Å². The molecule has 3 nitrogen and oxygen atoms in total. The topological polar surface area (TPSA) is 53.5 Å². The molecule has 0 aliphatic carbocycles. The van der Waals surface area contributed by atoms with E-state index in [0.717, 1.165) is 0 Å². The second kappa shape index (κ2) is 4.22. The van der Waals surface area contributed by atoms with Crippen LogP contribution in [0.2, 0.25) is 0 Å². The zero-order valence-electron chi connectivity index (χ0n) is 4.69. The highest BCUT2D eigenvalue weighted by Crippen LogP contribution is 2.23. The van der Waals surface area contributed by atoms with E-state index in [-0.39, 0.29) is 10.7 Å². The first kappa shape index (κ1) is 8.32. The first-order valence-electron chi connectivity index (χ1n) is 2.10. The van der Waals surface area contributed by atoms with E-state index in [4.69, 9.17) is 5.73 Å². The van der Waals surface area contributed by atoms with E-state index >= 15 is 0 Å². The van der Waals surface area contributed by atoms with E-state index in [1.165, 1.54) is 0 Å². The van der Waals surface area contributed by atoms with Gasteiger partial charge in [0, 0.05) is 0 Å². The molecule has 0 radical (unpaired) electrons. The van der Waals surface area contributed by atoms with Crippen LogP contribution in [0.3, 0.4) is 0 Å². The predicted molar refractivity (Wildman–Crippen MR) is 40.2 cm³/mol. The fraction of sp³-hybridized carbons (Fsp3) is 0.333. The van der Waals surface area contributed by atoms with Crippen LogP contribution in [-0.4, -0.2) is 6.66 Å². The van der Waals surface area contributed by atoms with Crippen molar-refractivity contribution in [1.29, 1.82) is 0 Å². The second-order valence-electron chi connectivity index (χ2n) is 1.23. The SMILES string of the molecule is C=C(N)[NH+]([O-])PPC. The monoisotopic (exact) mass is 152 g/mol. The lowest BCUT2D eigenvalue weighted by Crippen LogP contribution is -2.97. The largest absolute Gasteiger partial charge is 0.627 e. The molecule has 0 heterocycles. The Bertz CT molecular complexity index is 87.4. The average molecular weight is 152 g/mol. The Labute approximate surface area is 52.4 Å². The smallest absolute Gasteiger partial charge is 0.190 e. The van der Waals surface area contributed by atoms with Gasteiger partial charge in [0.1, 0.15) is 8.42 Å². The van der Waals surface area contributed by atoms with Gasteiger partial charge >= 0.3 is 0 Å². The first-order chi connectivity index (χ1) is 3.68. The summed E-state index contributed by atoms with van der Waals surface area (Å²) in [7, 11) is 1.00. The lowest BCUT2D eigenvalue weighted by Gasteiger charge is -2.18. The van der Waals surface area contributed by atoms with Crippen LogP contribution in [-0.2, 0) is 0 Å². The maximum atomic E-state index is 10.5. The third-order valence-electron chi connectivity index (χ3n) is 0.530. The van der Waals surface area contributed by atoms with Gasteiger partial charge in [-0.3, -0.25) is 0 Å². The fourth-order valence-electron chi connectivity index (χ4n) is 0.194. The normalized spacial score (nSPS) is 16.2. The Morgan fingerprint density at radius 2 is 2.38 bits per heavy atom. The molecule has 0 bridgehead atoms. The number of rotatable bonds is 3. The van der Waals surface area contributed by atoms with Gasteiger partial charge in [0.25, 0.3) is 0 Å². The van der Waals surface area contributed by atoms with Gasteiger partial charge in [-0.05, 0) is 21.5 Å². The molecule has 0 amide bonds. The third-order valence-corrected chi connectivity index (χ3v) is 2.76. The van der Waals surface area contributed by atoms with Crippen LogP contribution in [0.4, 0.5) is 0 Å². The van der Waals surface area contributed by atoms with Gasteiger partial charge < -0.3 is 15.8 Å². The highest BCUT2D eigenvalue weighted by Gasteiger charge is 1.93. The van der Waals surface area contributed by atoms with Gasteiger partial charge in [0.05, 0.1) is 0 Å². The van der Waals surface area contributed by atoms with E-state index in [1.54, 1.807) is 0 Å². The summed E-state index contributed by atoms with van der Waals surface area (Å²) >= 11 is 0. The minimum absolute atomic E-state index is 0.00540. The van der Waals surface area contributed by atoms with Crippen molar-refractivity contribution in [2.24, 2.45) is 5.73 Å². The number of nitrogens with two attached hydrogens (primary N) is 1. The standard InChI is InChI=1S/C3H10N2OP2/c1-3(4)5(6)8-7-2/h5,7-8H,1,4H2,2H3. The Morgan fingerprint density at radius 3 is 2.50 bits per heavy atom. The van der Waals surface area contributed by atoms with Gasteiger partial charge in [-0.25, -0.2) is 0 Å². The predicted octanol–water partition coefficient (Wildman–Crippen LogP) is -0.384. The molecule has 0 aromatic rings. The molecule has 0 fully saturated rings. The van der Waals surface area contributed by atoms with Gasteiger partial charge in [-0.15, -0.1) is 0 Å². The molecule has 3 N–H and O–H groups in total. The molecule has 5 heteroatoms. The third kappa shape index (κ3) is 3.34. The van der Waals surface area contributed by atoms with E-state index in [1.807, 2.05) is 6.66 Å². The summed E-state index contributed by atoms with van der Waals surface area (Å²) in [6.07, 6.45) is 0. The van der Waals surface area contributed by atoms with E-state index < -0.39 is 0 Å². The summed E-state index contributed by atoms with van der Waals surface area (Å²) in [6.45, 7) is 5.28. The first-order valence-corrected chi connectivity index (χ1v) is 5.60. The number of hydrogen-bond donors (Lipinski definition) is 2. The highest BCUT2D eigenvalue weighted by atomic mass is 32.0. The molecule has 0 aliphatic heterocycles. The van der Waals surface area contributed by atoms with Gasteiger partial charge in [-0.2, -0.15) is 0 Å². The van der Waals surface area contributed by atoms with Crippen molar-refractivity contribution >= 4 is 16.7 Å². The molecule has 0 aromatic carbocycles. The number of nitrogens with one attached hydrogen (secondary N) is 1. The molecule has 8 heavy (non-hydrogen) atoms. The molecule has 48 valence electrons. The van der Waals surface area contributed by atoms with Gasteiger partial charge in [0.15, 0.2) is 5.82 Å². The molecule has 0 rings (SSSR count). The average Bonchev–Trinajstić information content (AvgIpc) is 1.67. The zero-order valence-corrected chi connectivity index (χ0v) is 6.69. The van der Waals surface area contributed by atoms with Gasteiger partial charge in [0.2, 0.25) is 0 Å². The van der Waals surface area contributed by atoms with Crippen molar-refractivity contribution in [3.63, 3.8) is 0 Å². The van der Waals surface area contributed by atoms with Crippen LogP contribution in [0.1, 0.15) is 0 Å². The molecular weight excluding hydrogens is 142 g/mol. The van der Waals surface area contributed by atoms with Crippen molar-refractivity contribution in [2.45, 2.75) is 0 Å². The number of hydroxylamine groups is 1. The van der Waals surface area contributed by atoms with Crippen LogP contribution in [0.5, 0.6) is 0 Å². The molecule has 0 spiro atoms. The van der Waals surface area contributed by atoms with Crippen molar-refractivity contribution < 1.29 is 4.83 Å². The maximum Gasteiger partial charge on any atom is 0.190 e. The van der Waals surface area contributed by atoms with Crippen molar-refractivity contribution in [3.05, 3.63) is 17.6 Å². The second-order valence-corrected chi connectivity index (χ2v) is 4.68. The summed E-state index contributed by atoms with van der Waals surface area (Å²) in [5.41, 5.74) is 5.09. The molecule has 0 aliphatic rings. The van der Waals surface area contributed by atoms with Gasteiger partial charge in [-0.1, -0.05) is 0 Å². The summed E-state index contributed by atoms with van der Waals surface area (Å²) in [4.78, 5) is 0.00540. The van der Waals surface area contributed by atoms with E-state index in [0.29, 0.717) is 16.7 Å². The summed E-state index contributed by atoms with van der Waals surface area (Å²) in [5, 5.41) is 10.5. The molecule has 0 saturated carbocycles. The summed E-state index contributed by atoms with van der Waals surface area (Å²) < 4.78 is 0. The summed E-state index contributed by atoms with van der Waals surface area (Å²) in [6, 6.07) is 0. The fourth-order valence-corrected chi connectivity index (χ4v) is 1.74. The highest BCUT2D eigenvalue weighted by molar-refractivity contribution is 8.08. The maximum absolute atomic E-state index is 10.5. The summed E-state index contributed by atoms with van der Waals surface area (Å²) in [5.74, 6) is 0.192. The Kier molecular flexibility index (Phi) is 4.39. The van der Waals surface area contributed by atoms with E-state index in [9.17, 15) is 5.21 Å². The minimum Gasteiger partial charge on any atom is -0.627 e. The molecule has 0 aromatic heterocycles. The van der Waals surface area contributed by atoms with Crippen LogP contribution >= 0.6 is 16.7 Å². The number of hydrogen-bond acceptors (Lipinski definition) is 2. The van der Waals surface area contributed by atoms with Crippen molar-refractivity contribution in [1.82, 2.24) is 0 Å². The quantitative estimate of drug-likeness (QED) is 0.427. The van der Waals surface area contributed by atoms with E-state index in [2.05, 4.69) is 6.58 Å². The van der Waals surface area contributed by atoms with Crippen LogP contribution in [0.15, 0.2) is 12.4 Å². The molecule has 3 atom stereocenters. The zero-order chi connectivity index (χ0) is 6.57. The molecular formula is C3H10N2OP2. The Balaban J connectivity index is 3.32. The van der Waals surface area contributed by atoms with Crippen molar-refractivity contribution in [2.75, 3.05) is 6.66 Å². The molecule has 0 saturated heterocycles. The Morgan fingerprint density at radius 1 is 1.88 bits per heavy atom. The van der Waals surface area contributed by atoms with Crippen LogP contribution in [0, 0.1) is 5.21 Å². The van der Waals surface area contributed by atoms with Crippen LogP contribution < -0.4 is 10.6 Å². The Hall–Kier alpha value is 0.320. The molecule has 3 unspecified atom stereocenters. The minimum atomic E-state index is 0.00540. The number of quaternary nitrogens is 1. The lowest BCUT2D eigenvalue weighted by molar-refractivity contribution is -0.653. The lowest BCUT2D eigenvalue weighted by atomic mass is 10.9. The van der Waals surface area contributed by atoms with Crippen molar-refractivity contribution in [3.8, 4) is 0 Å².